The van der Waals surface area contributed by atoms with Crippen LogP contribution in [0.4, 0.5) is 4.39 Å². The third-order valence-corrected chi connectivity index (χ3v) is 2.58. The Morgan fingerprint density at radius 1 is 1.19 bits per heavy atom. The van der Waals surface area contributed by atoms with Crippen LogP contribution in [0.15, 0.2) is 18.2 Å². The summed E-state index contributed by atoms with van der Waals surface area (Å²) in [5.74, 6) is 0.695. The lowest BCUT2D eigenvalue weighted by molar-refractivity contribution is 0.221. The Morgan fingerprint density at radius 2 is 1.75 bits per heavy atom. The van der Waals surface area contributed by atoms with E-state index in [9.17, 15) is 4.39 Å². The van der Waals surface area contributed by atoms with E-state index < -0.39 is 11.2 Å². The summed E-state index contributed by atoms with van der Waals surface area (Å²) in [6.45, 7) is 6.81. The number of rotatable bonds is 3. The van der Waals surface area contributed by atoms with Crippen LogP contribution in [0.5, 0.6) is 5.75 Å². The van der Waals surface area contributed by atoms with Gasteiger partial charge in [0.25, 0.3) is 0 Å². The molecule has 0 spiro atoms. The predicted molar refractivity (Wildman–Crippen MR) is 64.3 cm³/mol. The first-order valence-electron chi connectivity index (χ1n) is 5.33. The van der Waals surface area contributed by atoms with Crippen molar-refractivity contribution >= 4 is 0 Å². The van der Waals surface area contributed by atoms with E-state index in [2.05, 4.69) is 0 Å². The van der Waals surface area contributed by atoms with Crippen LogP contribution in [0, 0.1) is 0 Å². The summed E-state index contributed by atoms with van der Waals surface area (Å²) in [4.78, 5) is 0. The number of ether oxygens (including phenoxy) is 1. The average molecular weight is 225 g/mol. The standard InChI is InChI=1S/C13H20FNO/c1-12(2,14)9-6-7-11(16-5)10(8-9)13(3,4)15/h6-8H,15H2,1-5H3. The van der Waals surface area contributed by atoms with E-state index >= 15 is 0 Å². The summed E-state index contributed by atoms with van der Waals surface area (Å²) in [5.41, 5.74) is 5.56. The number of nitrogens with two attached hydrogens (primary N) is 1. The van der Waals surface area contributed by atoms with Gasteiger partial charge in [-0.3, -0.25) is 0 Å². The number of halogens is 1. The van der Waals surface area contributed by atoms with Crippen molar-refractivity contribution in [2.75, 3.05) is 7.11 Å². The number of hydrogen-bond acceptors (Lipinski definition) is 2. The van der Waals surface area contributed by atoms with Gasteiger partial charge in [0.05, 0.1) is 7.11 Å². The molecule has 0 bridgehead atoms. The molecule has 0 unspecified atom stereocenters. The molecule has 0 aliphatic carbocycles. The van der Waals surface area contributed by atoms with Crippen molar-refractivity contribution in [3.63, 3.8) is 0 Å². The van der Waals surface area contributed by atoms with Gasteiger partial charge >= 0.3 is 0 Å². The molecular weight excluding hydrogens is 205 g/mol. The number of methoxy groups -OCH3 is 1. The van der Waals surface area contributed by atoms with Gasteiger partial charge in [0.2, 0.25) is 0 Å². The molecule has 2 N–H and O–H groups in total. The molecule has 0 heterocycles. The highest BCUT2D eigenvalue weighted by Gasteiger charge is 2.24. The zero-order valence-electron chi connectivity index (χ0n) is 10.6. The van der Waals surface area contributed by atoms with E-state index in [0.29, 0.717) is 11.3 Å². The van der Waals surface area contributed by atoms with Crippen molar-refractivity contribution in [2.45, 2.75) is 38.9 Å². The minimum absolute atomic E-state index is 0.549. The van der Waals surface area contributed by atoms with Crippen molar-refractivity contribution < 1.29 is 9.13 Å². The second-order valence-electron chi connectivity index (χ2n) is 5.11. The summed E-state index contributed by atoms with van der Waals surface area (Å²) >= 11 is 0. The van der Waals surface area contributed by atoms with E-state index in [0.717, 1.165) is 5.56 Å². The molecule has 2 nitrogen and oxygen atoms in total. The quantitative estimate of drug-likeness (QED) is 0.858. The third-order valence-electron chi connectivity index (χ3n) is 2.58. The van der Waals surface area contributed by atoms with Gasteiger partial charge in [-0.05, 0) is 45.4 Å². The average Bonchev–Trinajstić information content (AvgIpc) is 2.14. The summed E-state index contributed by atoms with van der Waals surface area (Å²) in [6.07, 6.45) is 0. The monoisotopic (exact) mass is 225 g/mol. The molecule has 0 aliphatic heterocycles. The first kappa shape index (κ1) is 13.0. The van der Waals surface area contributed by atoms with Gasteiger partial charge in [-0.25, -0.2) is 4.39 Å². The van der Waals surface area contributed by atoms with Crippen molar-refractivity contribution in [1.29, 1.82) is 0 Å². The lowest BCUT2D eigenvalue weighted by Gasteiger charge is -2.25. The van der Waals surface area contributed by atoms with Gasteiger partial charge in [-0.2, -0.15) is 0 Å². The van der Waals surface area contributed by atoms with Crippen LogP contribution in [-0.2, 0) is 11.2 Å². The van der Waals surface area contributed by atoms with Crippen molar-refractivity contribution in [1.82, 2.24) is 0 Å². The van der Waals surface area contributed by atoms with Crippen LogP contribution in [0.2, 0.25) is 0 Å². The van der Waals surface area contributed by atoms with Crippen molar-refractivity contribution in [2.24, 2.45) is 5.73 Å². The molecule has 1 aromatic carbocycles. The maximum absolute atomic E-state index is 13.8. The molecule has 0 radical (unpaired) electrons. The fourth-order valence-corrected chi connectivity index (χ4v) is 1.58. The SMILES string of the molecule is COc1ccc(C(C)(C)F)cc1C(C)(C)N. The smallest absolute Gasteiger partial charge is 0.130 e. The Labute approximate surface area is 96.6 Å². The van der Waals surface area contributed by atoms with Crippen LogP contribution >= 0.6 is 0 Å². The van der Waals surface area contributed by atoms with E-state index in [-0.39, 0.29) is 0 Å². The first-order chi connectivity index (χ1) is 7.16. The summed E-state index contributed by atoms with van der Waals surface area (Å²) in [7, 11) is 1.59. The lowest BCUT2D eigenvalue weighted by atomic mass is 9.89. The minimum atomic E-state index is -1.37. The zero-order chi connectivity index (χ0) is 12.6. The molecule has 1 aromatic rings. The van der Waals surface area contributed by atoms with Gasteiger partial charge in [0.1, 0.15) is 11.4 Å². The predicted octanol–water partition coefficient (Wildman–Crippen LogP) is 3.09. The Bertz CT molecular complexity index is 374. The first-order valence-corrected chi connectivity index (χ1v) is 5.33. The summed E-state index contributed by atoms with van der Waals surface area (Å²) in [5, 5.41) is 0. The molecule has 0 aliphatic rings. The Hall–Kier alpha value is -1.09. The van der Waals surface area contributed by atoms with Crippen LogP contribution in [0.3, 0.4) is 0 Å². The highest BCUT2D eigenvalue weighted by atomic mass is 19.1. The van der Waals surface area contributed by atoms with Crippen LogP contribution in [-0.4, -0.2) is 7.11 Å². The van der Waals surface area contributed by atoms with Gasteiger partial charge in [0, 0.05) is 11.1 Å². The molecule has 0 fully saturated rings. The van der Waals surface area contributed by atoms with Gasteiger partial charge < -0.3 is 10.5 Å². The zero-order valence-corrected chi connectivity index (χ0v) is 10.6. The van der Waals surface area contributed by atoms with E-state index in [1.54, 1.807) is 25.3 Å². The molecule has 16 heavy (non-hydrogen) atoms. The van der Waals surface area contributed by atoms with E-state index in [1.807, 2.05) is 13.8 Å². The van der Waals surface area contributed by atoms with Crippen molar-refractivity contribution in [3.8, 4) is 5.75 Å². The Kier molecular flexibility index (Phi) is 3.29. The molecule has 0 saturated heterocycles. The molecular formula is C13H20FNO. The molecule has 1 rings (SSSR count). The second kappa shape index (κ2) is 4.06. The third kappa shape index (κ3) is 2.73. The molecule has 0 atom stereocenters. The second-order valence-corrected chi connectivity index (χ2v) is 5.11. The maximum Gasteiger partial charge on any atom is 0.130 e. The lowest BCUT2D eigenvalue weighted by Crippen LogP contribution is -2.29. The van der Waals surface area contributed by atoms with Gasteiger partial charge in [-0.1, -0.05) is 6.07 Å². The van der Waals surface area contributed by atoms with E-state index in [4.69, 9.17) is 10.5 Å². The van der Waals surface area contributed by atoms with Gasteiger partial charge in [-0.15, -0.1) is 0 Å². The van der Waals surface area contributed by atoms with Crippen LogP contribution < -0.4 is 10.5 Å². The fraction of sp³-hybridized carbons (Fsp3) is 0.538. The Balaban J connectivity index is 3.34. The topological polar surface area (TPSA) is 35.2 Å². The number of hydrogen-bond donors (Lipinski definition) is 1. The molecule has 0 aromatic heterocycles. The summed E-state index contributed by atoms with van der Waals surface area (Å²) in [6, 6.07) is 5.27. The van der Waals surface area contributed by atoms with E-state index in [1.165, 1.54) is 13.8 Å². The Morgan fingerprint density at radius 3 is 2.12 bits per heavy atom. The number of benzene rings is 1. The molecule has 90 valence electrons. The largest absolute Gasteiger partial charge is 0.496 e. The minimum Gasteiger partial charge on any atom is -0.496 e. The molecule has 0 amide bonds. The van der Waals surface area contributed by atoms with Crippen LogP contribution in [0.25, 0.3) is 0 Å². The molecule has 0 saturated carbocycles. The number of alkyl halides is 1. The maximum atomic E-state index is 13.8. The normalized spacial score (nSPS) is 12.7. The van der Waals surface area contributed by atoms with Gasteiger partial charge in [0.15, 0.2) is 0 Å². The summed E-state index contributed by atoms with van der Waals surface area (Å²) < 4.78 is 19.1. The highest BCUT2D eigenvalue weighted by Crippen LogP contribution is 2.33. The highest BCUT2D eigenvalue weighted by molar-refractivity contribution is 5.42. The molecule has 3 heteroatoms. The van der Waals surface area contributed by atoms with Crippen LogP contribution in [0.1, 0.15) is 38.8 Å². The fourth-order valence-electron chi connectivity index (χ4n) is 1.58. The van der Waals surface area contributed by atoms with Crippen molar-refractivity contribution in [3.05, 3.63) is 29.3 Å².